The summed E-state index contributed by atoms with van der Waals surface area (Å²) in [7, 11) is 0. The number of hydrogen-bond donors (Lipinski definition) is 1. The first-order valence-electron chi connectivity index (χ1n) is 11.1. The Hall–Kier alpha value is -3.16. The Labute approximate surface area is 192 Å². The summed E-state index contributed by atoms with van der Waals surface area (Å²) in [5, 5.41) is 9.85. The maximum atomic E-state index is 12.6. The number of carbonyl (C=O) groups is 1. The van der Waals surface area contributed by atoms with E-state index >= 15 is 0 Å². The van der Waals surface area contributed by atoms with Crippen molar-refractivity contribution in [1.29, 1.82) is 0 Å². The molecule has 1 saturated heterocycles. The standard InChI is InChI=1S/C25H27N5OS/c31-24(26-18-23-9-6-16-32-23)20-10-14-28(15-11-20)19-21-17-27-30(22-7-2-1-3-8-22)25(21)29-12-4-5-13-29/h1-9,12-13,16-17,20H,10-11,14-15,18-19H2,(H,26,31). The van der Waals surface area contributed by atoms with Gasteiger partial charge < -0.3 is 9.88 Å². The summed E-state index contributed by atoms with van der Waals surface area (Å²) in [4.78, 5) is 16.2. The lowest BCUT2D eigenvalue weighted by Crippen LogP contribution is -2.40. The van der Waals surface area contributed by atoms with Crippen LogP contribution < -0.4 is 5.32 Å². The molecule has 0 spiro atoms. The molecule has 5 rings (SSSR count). The van der Waals surface area contributed by atoms with Gasteiger partial charge >= 0.3 is 0 Å². The maximum absolute atomic E-state index is 12.6. The summed E-state index contributed by atoms with van der Waals surface area (Å²) in [6.07, 6.45) is 7.88. The largest absolute Gasteiger partial charge is 0.351 e. The third-order valence-electron chi connectivity index (χ3n) is 6.04. The zero-order chi connectivity index (χ0) is 21.8. The van der Waals surface area contributed by atoms with Crippen LogP contribution in [0.25, 0.3) is 11.5 Å². The van der Waals surface area contributed by atoms with Crippen molar-refractivity contribution in [3.63, 3.8) is 0 Å². The second kappa shape index (κ2) is 9.54. The van der Waals surface area contributed by atoms with Gasteiger partial charge in [0.2, 0.25) is 5.91 Å². The SMILES string of the molecule is O=C(NCc1cccs1)C1CCN(Cc2cnn(-c3ccccc3)c2-n2cccc2)CC1. The van der Waals surface area contributed by atoms with Crippen LogP contribution in [0.15, 0.2) is 78.6 Å². The molecule has 7 heteroatoms. The summed E-state index contributed by atoms with van der Waals surface area (Å²) in [5.41, 5.74) is 2.23. The molecule has 1 amide bonds. The van der Waals surface area contributed by atoms with Crippen LogP contribution in [-0.4, -0.2) is 38.2 Å². The van der Waals surface area contributed by atoms with Crippen LogP contribution in [0.2, 0.25) is 0 Å². The molecule has 164 valence electrons. The molecule has 3 aromatic heterocycles. The Morgan fingerprint density at radius 2 is 1.81 bits per heavy atom. The molecular weight excluding hydrogens is 418 g/mol. The van der Waals surface area contributed by atoms with Crippen LogP contribution in [0.4, 0.5) is 0 Å². The van der Waals surface area contributed by atoms with Crippen molar-refractivity contribution in [3.05, 3.63) is 89.0 Å². The number of likely N-dealkylation sites (tertiary alicyclic amines) is 1. The van der Waals surface area contributed by atoms with Crippen LogP contribution in [0.1, 0.15) is 23.3 Å². The van der Waals surface area contributed by atoms with Crippen molar-refractivity contribution in [2.24, 2.45) is 5.92 Å². The van der Waals surface area contributed by atoms with Gasteiger partial charge in [0.1, 0.15) is 5.82 Å². The summed E-state index contributed by atoms with van der Waals surface area (Å²) >= 11 is 1.68. The molecule has 0 aliphatic carbocycles. The molecule has 0 radical (unpaired) electrons. The second-order valence-corrected chi connectivity index (χ2v) is 9.21. The molecule has 0 unspecified atom stereocenters. The van der Waals surface area contributed by atoms with E-state index in [2.05, 4.69) is 45.4 Å². The van der Waals surface area contributed by atoms with E-state index in [4.69, 9.17) is 5.10 Å². The van der Waals surface area contributed by atoms with E-state index in [-0.39, 0.29) is 11.8 Å². The number of aromatic nitrogens is 3. The Kier molecular flexibility index (Phi) is 6.18. The summed E-state index contributed by atoms with van der Waals surface area (Å²) in [6, 6.07) is 18.4. The first-order valence-corrected chi connectivity index (χ1v) is 11.9. The number of piperidine rings is 1. The van der Waals surface area contributed by atoms with Crippen molar-refractivity contribution < 1.29 is 4.79 Å². The zero-order valence-electron chi connectivity index (χ0n) is 17.9. The minimum atomic E-state index is 0.0992. The number of thiophene rings is 1. The summed E-state index contributed by atoms with van der Waals surface area (Å²) in [5.74, 6) is 1.35. The molecule has 1 N–H and O–H groups in total. The number of benzene rings is 1. The molecule has 0 saturated carbocycles. The predicted molar refractivity (Wildman–Crippen MR) is 127 cm³/mol. The third-order valence-corrected chi connectivity index (χ3v) is 6.91. The minimum Gasteiger partial charge on any atom is -0.351 e. The zero-order valence-corrected chi connectivity index (χ0v) is 18.7. The highest BCUT2D eigenvalue weighted by atomic mass is 32.1. The summed E-state index contributed by atoms with van der Waals surface area (Å²) < 4.78 is 4.13. The number of nitrogens with zero attached hydrogens (tertiary/aromatic N) is 4. The average molecular weight is 446 g/mol. The van der Waals surface area contributed by atoms with Crippen molar-refractivity contribution in [2.75, 3.05) is 13.1 Å². The fraction of sp³-hybridized carbons (Fsp3) is 0.280. The number of hydrogen-bond acceptors (Lipinski definition) is 4. The van der Waals surface area contributed by atoms with Gasteiger partial charge in [-0.25, -0.2) is 4.68 Å². The van der Waals surface area contributed by atoms with Crippen LogP contribution in [0.3, 0.4) is 0 Å². The van der Waals surface area contributed by atoms with Crippen molar-refractivity contribution in [2.45, 2.75) is 25.9 Å². The lowest BCUT2D eigenvalue weighted by atomic mass is 9.95. The molecule has 1 aliphatic rings. The topological polar surface area (TPSA) is 55.1 Å². The molecule has 32 heavy (non-hydrogen) atoms. The molecule has 1 aliphatic heterocycles. The van der Waals surface area contributed by atoms with Gasteiger partial charge in [-0.3, -0.25) is 9.69 Å². The monoisotopic (exact) mass is 445 g/mol. The highest BCUT2D eigenvalue weighted by Gasteiger charge is 2.26. The molecule has 1 aromatic carbocycles. The molecule has 1 fully saturated rings. The van der Waals surface area contributed by atoms with E-state index in [0.29, 0.717) is 6.54 Å². The molecule has 0 bridgehead atoms. The van der Waals surface area contributed by atoms with Crippen LogP contribution >= 0.6 is 11.3 Å². The quantitative estimate of drug-likeness (QED) is 0.463. The van der Waals surface area contributed by atoms with Crippen LogP contribution in [0.5, 0.6) is 0 Å². The van der Waals surface area contributed by atoms with Gasteiger partial charge in [0, 0.05) is 35.3 Å². The van der Waals surface area contributed by atoms with Gasteiger partial charge in [-0.2, -0.15) is 5.10 Å². The number of carbonyl (C=O) groups excluding carboxylic acids is 1. The molecule has 4 heterocycles. The molecule has 6 nitrogen and oxygen atoms in total. The van der Waals surface area contributed by atoms with E-state index in [9.17, 15) is 4.79 Å². The smallest absolute Gasteiger partial charge is 0.223 e. The first kappa shape index (κ1) is 20.7. The van der Waals surface area contributed by atoms with E-state index < -0.39 is 0 Å². The van der Waals surface area contributed by atoms with E-state index in [1.807, 2.05) is 52.7 Å². The number of para-hydroxylation sites is 1. The second-order valence-electron chi connectivity index (χ2n) is 8.18. The predicted octanol–water partition coefficient (Wildman–Crippen LogP) is 4.25. The average Bonchev–Trinajstić information content (AvgIpc) is 3.60. The van der Waals surface area contributed by atoms with E-state index in [0.717, 1.165) is 44.0 Å². The van der Waals surface area contributed by atoms with Gasteiger partial charge in [0.15, 0.2) is 0 Å². The Morgan fingerprint density at radius 1 is 1.03 bits per heavy atom. The fourth-order valence-electron chi connectivity index (χ4n) is 4.32. The number of amides is 1. The van der Waals surface area contributed by atoms with Gasteiger partial charge in [-0.1, -0.05) is 24.3 Å². The summed E-state index contributed by atoms with van der Waals surface area (Å²) in [6.45, 7) is 3.29. The van der Waals surface area contributed by atoms with Crippen molar-refractivity contribution in [1.82, 2.24) is 24.6 Å². The lowest BCUT2D eigenvalue weighted by Gasteiger charge is -2.31. The van der Waals surface area contributed by atoms with Gasteiger partial charge in [-0.15, -0.1) is 11.3 Å². The van der Waals surface area contributed by atoms with Gasteiger partial charge in [-0.05, 0) is 61.6 Å². The number of nitrogens with one attached hydrogen (secondary N) is 1. The van der Waals surface area contributed by atoms with Crippen molar-refractivity contribution in [3.8, 4) is 11.5 Å². The van der Waals surface area contributed by atoms with Gasteiger partial charge in [0.05, 0.1) is 18.4 Å². The van der Waals surface area contributed by atoms with Gasteiger partial charge in [0.25, 0.3) is 0 Å². The molecule has 4 aromatic rings. The van der Waals surface area contributed by atoms with Crippen molar-refractivity contribution >= 4 is 17.2 Å². The number of rotatable bonds is 7. The Bertz CT molecular complexity index is 1130. The molecule has 0 atom stereocenters. The lowest BCUT2D eigenvalue weighted by molar-refractivity contribution is -0.126. The minimum absolute atomic E-state index is 0.0992. The van der Waals surface area contributed by atoms with E-state index in [1.54, 1.807) is 11.3 Å². The van der Waals surface area contributed by atoms with E-state index in [1.165, 1.54) is 10.4 Å². The van der Waals surface area contributed by atoms with Crippen LogP contribution in [-0.2, 0) is 17.9 Å². The normalized spacial score (nSPS) is 15.1. The highest BCUT2D eigenvalue weighted by molar-refractivity contribution is 7.09. The Balaban J connectivity index is 1.24. The highest BCUT2D eigenvalue weighted by Crippen LogP contribution is 2.24. The fourth-order valence-corrected chi connectivity index (χ4v) is 4.97. The molecular formula is C25H27N5OS. The third kappa shape index (κ3) is 4.54. The van der Waals surface area contributed by atoms with Crippen LogP contribution in [0, 0.1) is 5.92 Å². The Morgan fingerprint density at radius 3 is 2.53 bits per heavy atom. The maximum Gasteiger partial charge on any atom is 0.223 e. The first-order chi connectivity index (χ1) is 15.8.